The number of ether oxygens (including phenoxy) is 2. The molecular weight excluding hydrogens is 244 g/mol. The molecule has 0 aromatic heterocycles. The van der Waals surface area contributed by atoms with Gasteiger partial charge in [0, 0.05) is 6.08 Å². The summed E-state index contributed by atoms with van der Waals surface area (Å²) in [6.45, 7) is 5.76. The molecule has 0 amide bonds. The fraction of sp³-hybridized carbons (Fsp3) is 0.333. The normalized spacial score (nSPS) is 11.1. The number of benzene rings is 1. The molecule has 0 saturated carbocycles. The Morgan fingerprint density at radius 1 is 1.00 bits per heavy atom. The highest BCUT2D eigenvalue weighted by molar-refractivity contribution is 6.21. The zero-order valence-electron chi connectivity index (χ0n) is 11.9. The van der Waals surface area contributed by atoms with Gasteiger partial charge in [0.2, 0.25) is 0 Å². The molecule has 1 rings (SSSR count). The van der Waals surface area contributed by atoms with Crippen molar-refractivity contribution in [1.82, 2.24) is 0 Å². The average molecular weight is 262 g/mol. The highest BCUT2D eigenvalue weighted by Crippen LogP contribution is 2.25. The molecule has 4 nitrogen and oxygen atoms in total. The van der Waals surface area contributed by atoms with Gasteiger partial charge in [-0.1, -0.05) is 17.7 Å². The summed E-state index contributed by atoms with van der Waals surface area (Å²) in [7, 11) is 2.55. The van der Waals surface area contributed by atoms with Crippen molar-refractivity contribution in [1.29, 1.82) is 0 Å². The van der Waals surface area contributed by atoms with Crippen molar-refractivity contribution in [3.05, 3.63) is 40.5 Å². The number of aryl methyl sites for hydroxylation is 3. The van der Waals surface area contributed by atoms with E-state index >= 15 is 0 Å². The molecule has 0 spiro atoms. The van der Waals surface area contributed by atoms with Gasteiger partial charge < -0.3 is 9.47 Å². The van der Waals surface area contributed by atoms with E-state index in [1.165, 1.54) is 14.2 Å². The highest BCUT2D eigenvalue weighted by atomic mass is 16.5. The zero-order chi connectivity index (χ0) is 14.6. The van der Waals surface area contributed by atoms with Gasteiger partial charge in [0.15, 0.2) is 0 Å². The molecule has 4 heteroatoms. The second-order valence-corrected chi connectivity index (χ2v) is 4.35. The second kappa shape index (κ2) is 6.18. The van der Waals surface area contributed by atoms with Crippen molar-refractivity contribution in [2.75, 3.05) is 14.2 Å². The molecule has 0 aliphatic rings. The number of hydrogen-bond acceptors (Lipinski definition) is 4. The second-order valence-electron chi connectivity index (χ2n) is 4.35. The van der Waals surface area contributed by atoms with Gasteiger partial charge in [-0.25, -0.2) is 9.59 Å². The van der Waals surface area contributed by atoms with Crippen LogP contribution in [-0.2, 0) is 19.1 Å². The van der Waals surface area contributed by atoms with E-state index < -0.39 is 11.9 Å². The summed E-state index contributed by atoms with van der Waals surface area (Å²) in [5.41, 5.74) is 3.85. The minimum Gasteiger partial charge on any atom is -0.466 e. The van der Waals surface area contributed by atoms with Crippen molar-refractivity contribution in [2.45, 2.75) is 20.8 Å². The molecule has 0 radical (unpaired) electrons. The van der Waals surface area contributed by atoms with E-state index in [9.17, 15) is 9.59 Å². The van der Waals surface area contributed by atoms with E-state index in [1.807, 2.05) is 32.9 Å². The molecule has 19 heavy (non-hydrogen) atoms. The maximum Gasteiger partial charge on any atom is 0.338 e. The third-order valence-corrected chi connectivity index (χ3v) is 2.82. The first-order chi connectivity index (χ1) is 8.90. The maximum atomic E-state index is 11.9. The first kappa shape index (κ1) is 15.0. The molecule has 0 atom stereocenters. The van der Waals surface area contributed by atoms with Crippen LogP contribution in [0.3, 0.4) is 0 Å². The van der Waals surface area contributed by atoms with Gasteiger partial charge in [-0.05, 0) is 37.5 Å². The minimum absolute atomic E-state index is 0.212. The van der Waals surface area contributed by atoms with Crippen LogP contribution in [0.4, 0.5) is 0 Å². The van der Waals surface area contributed by atoms with Crippen LogP contribution in [-0.4, -0.2) is 26.2 Å². The molecule has 0 aliphatic heterocycles. The van der Waals surface area contributed by atoms with Crippen LogP contribution in [0, 0.1) is 20.8 Å². The summed E-state index contributed by atoms with van der Waals surface area (Å²) >= 11 is 0. The summed E-state index contributed by atoms with van der Waals surface area (Å²) in [5, 5.41) is 0. The molecular formula is C15H18O4. The van der Waals surface area contributed by atoms with Gasteiger partial charge in [0.1, 0.15) is 0 Å². The van der Waals surface area contributed by atoms with E-state index in [4.69, 9.17) is 4.74 Å². The van der Waals surface area contributed by atoms with Gasteiger partial charge in [0.25, 0.3) is 0 Å². The van der Waals surface area contributed by atoms with Gasteiger partial charge in [-0.3, -0.25) is 0 Å². The predicted molar refractivity (Wildman–Crippen MR) is 72.7 cm³/mol. The predicted octanol–water partition coefficient (Wildman–Crippen LogP) is 2.34. The third-order valence-electron chi connectivity index (χ3n) is 2.82. The standard InChI is InChI=1S/C15H18O4/c1-9-6-10(2)14(11(3)7-9)12(15(17)19-5)8-13(16)18-4/h6-8H,1-5H3/b12-8-. The summed E-state index contributed by atoms with van der Waals surface area (Å²) in [6, 6.07) is 3.91. The van der Waals surface area contributed by atoms with E-state index in [0.717, 1.165) is 22.8 Å². The first-order valence-electron chi connectivity index (χ1n) is 5.87. The van der Waals surface area contributed by atoms with Crippen molar-refractivity contribution in [2.24, 2.45) is 0 Å². The molecule has 0 fully saturated rings. The van der Waals surface area contributed by atoms with Gasteiger partial charge in [0.05, 0.1) is 19.8 Å². The number of methoxy groups -OCH3 is 2. The first-order valence-corrected chi connectivity index (χ1v) is 5.87. The van der Waals surface area contributed by atoms with E-state index in [-0.39, 0.29) is 5.57 Å². The molecule has 0 bridgehead atoms. The number of rotatable bonds is 3. The monoisotopic (exact) mass is 262 g/mol. The lowest BCUT2D eigenvalue weighted by molar-refractivity contribution is -0.136. The van der Waals surface area contributed by atoms with Crippen LogP contribution in [0.2, 0.25) is 0 Å². The molecule has 0 saturated heterocycles. The Labute approximate surface area is 113 Å². The summed E-state index contributed by atoms with van der Waals surface area (Å²) in [5.74, 6) is -1.14. The molecule has 0 N–H and O–H groups in total. The van der Waals surface area contributed by atoms with Crippen molar-refractivity contribution in [3.63, 3.8) is 0 Å². The Morgan fingerprint density at radius 3 is 1.95 bits per heavy atom. The molecule has 1 aromatic rings. The van der Waals surface area contributed by atoms with Crippen LogP contribution < -0.4 is 0 Å². The van der Waals surface area contributed by atoms with Crippen molar-refractivity contribution in [3.8, 4) is 0 Å². The Balaban J connectivity index is 3.46. The van der Waals surface area contributed by atoms with Crippen LogP contribution in [0.25, 0.3) is 5.57 Å². The Morgan fingerprint density at radius 2 is 1.53 bits per heavy atom. The molecule has 1 aromatic carbocycles. The summed E-state index contributed by atoms with van der Waals surface area (Å²) < 4.78 is 9.31. The lowest BCUT2D eigenvalue weighted by Gasteiger charge is -2.13. The minimum atomic E-state index is -0.584. The third kappa shape index (κ3) is 3.44. The van der Waals surface area contributed by atoms with Gasteiger partial charge in [-0.15, -0.1) is 0 Å². The SMILES string of the molecule is COC(=O)/C=C(\C(=O)OC)c1c(C)cc(C)cc1C. The van der Waals surface area contributed by atoms with E-state index in [2.05, 4.69) is 4.74 Å². The summed E-state index contributed by atoms with van der Waals surface area (Å²) in [4.78, 5) is 23.3. The van der Waals surface area contributed by atoms with Crippen LogP contribution in [0.15, 0.2) is 18.2 Å². The smallest absolute Gasteiger partial charge is 0.338 e. The lowest BCUT2D eigenvalue weighted by Crippen LogP contribution is -2.10. The molecule has 0 unspecified atom stereocenters. The van der Waals surface area contributed by atoms with E-state index in [0.29, 0.717) is 5.56 Å². The highest BCUT2D eigenvalue weighted by Gasteiger charge is 2.19. The molecule has 102 valence electrons. The zero-order valence-corrected chi connectivity index (χ0v) is 11.9. The van der Waals surface area contributed by atoms with Crippen LogP contribution >= 0.6 is 0 Å². The summed E-state index contributed by atoms with van der Waals surface area (Å²) in [6.07, 6.45) is 1.16. The number of carbonyl (C=O) groups is 2. The lowest BCUT2D eigenvalue weighted by atomic mass is 9.93. The van der Waals surface area contributed by atoms with E-state index in [1.54, 1.807) is 0 Å². The van der Waals surface area contributed by atoms with Crippen molar-refractivity contribution < 1.29 is 19.1 Å². The topological polar surface area (TPSA) is 52.6 Å². The number of esters is 2. The number of hydrogen-bond donors (Lipinski definition) is 0. The van der Waals surface area contributed by atoms with Gasteiger partial charge >= 0.3 is 11.9 Å². The largest absolute Gasteiger partial charge is 0.466 e. The maximum absolute atomic E-state index is 11.9. The van der Waals surface area contributed by atoms with Crippen LogP contribution in [0.1, 0.15) is 22.3 Å². The average Bonchev–Trinajstić information content (AvgIpc) is 2.35. The molecule has 0 heterocycles. The van der Waals surface area contributed by atoms with Gasteiger partial charge in [-0.2, -0.15) is 0 Å². The van der Waals surface area contributed by atoms with Crippen molar-refractivity contribution >= 4 is 17.5 Å². The Kier molecular flexibility index (Phi) is 4.87. The fourth-order valence-corrected chi connectivity index (χ4v) is 2.12. The Bertz CT molecular complexity index is 518. The Hall–Kier alpha value is -2.10. The molecule has 0 aliphatic carbocycles. The number of carbonyl (C=O) groups excluding carboxylic acids is 2. The van der Waals surface area contributed by atoms with Crippen LogP contribution in [0.5, 0.6) is 0 Å². The quantitative estimate of drug-likeness (QED) is 0.619. The fourth-order valence-electron chi connectivity index (χ4n) is 2.12.